The SMILES string of the molecule is COC(=O)[C@@H](C)NCc1ccc(Cl)cc1. The summed E-state index contributed by atoms with van der Waals surface area (Å²) < 4.78 is 4.60. The lowest BCUT2D eigenvalue weighted by Crippen LogP contribution is -2.34. The number of methoxy groups -OCH3 is 1. The van der Waals surface area contributed by atoms with Gasteiger partial charge in [-0.1, -0.05) is 23.7 Å². The van der Waals surface area contributed by atoms with Crippen molar-refractivity contribution in [3.05, 3.63) is 34.9 Å². The highest BCUT2D eigenvalue weighted by molar-refractivity contribution is 6.30. The van der Waals surface area contributed by atoms with Crippen molar-refractivity contribution < 1.29 is 9.53 Å². The van der Waals surface area contributed by atoms with Crippen LogP contribution in [0.5, 0.6) is 0 Å². The summed E-state index contributed by atoms with van der Waals surface area (Å²) in [4.78, 5) is 11.1. The molecule has 1 aromatic rings. The minimum Gasteiger partial charge on any atom is -0.468 e. The Balaban J connectivity index is 2.43. The normalized spacial score (nSPS) is 12.2. The highest BCUT2D eigenvalue weighted by Crippen LogP contribution is 2.09. The fourth-order valence-electron chi connectivity index (χ4n) is 1.13. The first-order valence-corrected chi connectivity index (χ1v) is 5.07. The van der Waals surface area contributed by atoms with Crippen molar-refractivity contribution in [2.75, 3.05) is 7.11 Å². The molecular formula is C11H14ClNO2. The van der Waals surface area contributed by atoms with Gasteiger partial charge in [0.1, 0.15) is 6.04 Å². The van der Waals surface area contributed by atoms with Crippen molar-refractivity contribution in [3.63, 3.8) is 0 Å². The molecular weight excluding hydrogens is 214 g/mol. The smallest absolute Gasteiger partial charge is 0.322 e. The fourth-order valence-corrected chi connectivity index (χ4v) is 1.26. The largest absolute Gasteiger partial charge is 0.468 e. The van der Waals surface area contributed by atoms with Gasteiger partial charge in [0.05, 0.1) is 7.11 Å². The number of nitrogens with one attached hydrogen (secondary N) is 1. The van der Waals surface area contributed by atoms with Gasteiger partial charge in [-0.2, -0.15) is 0 Å². The van der Waals surface area contributed by atoms with Crippen LogP contribution in [0.25, 0.3) is 0 Å². The van der Waals surface area contributed by atoms with Crippen LogP contribution in [0, 0.1) is 0 Å². The second-order valence-corrected chi connectivity index (χ2v) is 3.69. The molecule has 4 heteroatoms. The van der Waals surface area contributed by atoms with Crippen LogP contribution in [-0.4, -0.2) is 19.1 Å². The van der Waals surface area contributed by atoms with Crippen LogP contribution in [-0.2, 0) is 16.1 Å². The summed E-state index contributed by atoms with van der Waals surface area (Å²) in [5, 5.41) is 3.76. The zero-order valence-electron chi connectivity index (χ0n) is 8.79. The zero-order chi connectivity index (χ0) is 11.3. The Labute approximate surface area is 94.4 Å². The number of ether oxygens (including phenoxy) is 1. The summed E-state index contributed by atoms with van der Waals surface area (Å²) in [6, 6.07) is 7.17. The molecule has 0 aliphatic rings. The summed E-state index contributed by atoms with van der Waals surface area (Å²) in [6.45, 7) is 2.38. The summed E-state index contributed by atoms with van der Waals surface area (Å²) in [6.07, 6.45) is 0. The molecule has 0 bridgehead atoms. The average molecular weight is 228 g/mol. The highest BCUT2D eigenvalue weighted by atomic mass is 35.5. The number of carbonyl (C=O) groups is 1. The predicted molar refractivity (Wildman–Crippen MR) is 59.8 cm³/mol. The van der Waals surface area contributed by atoms with Gasteiger partial charge in [-0.15, -0.1) is 0 Å². The molecule has 0 heterocycles. The van der Waals surface area contributed by atoms with Crippen LogP contribution < -0.4 is 5.32 Å². The third kappa shape index (κ3) is 3.90. The van der Waals surface area contributed by atoms with Gasteiger partial charge in [-0.3, -0.25) is 4.79 Å². The molecule has 0 radical (unpaired) electrons. The van der Waals surface area contributed by atoms with Crippen LogP contribution in [0.2, 0.25) is 5.02 Å². The molecule has 0 aromatic heterocycles. The van der Waals surface area contributed by atoms with Crippen LogP contribution in [0.4, 0.5) is 0 Å². The maximum Gasteiger partial charge on any atom is 0.322 e. The molecule has 1 atom stereocenters. The van der Waals surface area contributed by atoms with Gasteiger partial charge in [0.2, 0.25) is 0 Å². The van der Waals surface area contributed by atoms with E-state index in [2.05, 4.69) is 10.1 Å². The van der Waals surface area contributed by atoms with E-state index in [1.807, 2.05) is 24.3 Å². The minimum atomic E-state index is -0.300. The summed E-state index contributed by atoms with van der Waals surface area (Å²) in [5.41, 5.74) is 1.08. The quantitative estimate of drug-likeness (QED) is 0.800. The van der Waals surface area contributed by atoms with Crippen molar-refractivity contribution in [2.45, 2.75) is 19.5 Å². The van der Waals surface area contributed by atoms with Crippen molar-refractivity contribution in [3.8, 4) is 0 Å². The first-order valence-electron chi connectivity index (χ1n) is 4.69. The number of hydrogen-bond acceptors (Lipinski definition) is 3. The van der Waals surface area contributed by atoms with Gasteiger partial charge in [-0.05, 0) is 24.6 Å². The second kappa shape index (κ2) is 5.73. The van der Waals surface area contributed by atoms with E-state index in [-0.39, 0.29) is 12.0 Å². The van der Waals surface area contributed by atoms with Crippen LogP contribution >= 0.6 is 11.6 Å². The molecule has 3 nitrogen and oxygen atoms in total. The van der Waals surface area contributed by atoms with Gasteiger partial charge < -0.3 is 10.1 Å². The molecule has 0 spiro atoms. The van der Waals surface area contributed by atoms with E-state index in [0.717, 1.165) is 5.56 Å². The molecule has 0 amide bonds. The van der Waals surface area contributed by atoms with Crippen molar-refractivity contribution in [1.29, 1.82) is 0 Å². The molecule has 0 unspecified atom stereocenters. The average Bonchev–Trinajstić information content (AvgIpc) is 2.26. The molecule has 1 N–H and O–H groups in total. The van der Waals surface area contributed by atoms with Crippen molar-refractivity contribution in [1.82, 2.24) is 5.32 Å². The lowest BCUT2D eigenvalue weighted by Gasteiger charge is -2.11. The van der Waals surface area contributed by atoms with Gasteiger partial charge >= 0.3 is 5.97 Å². The highest BCUT2D eigenvalue weighted by Gasteiger charge is 2.11. The Kier molecular flexibility index (Phi) is 4.59. The lowest BCUT2D eigenvalue weighted by molar-refractivity contribution is -0.142. The molecule has 1 rings (SSSR count). The number of carbonyl (C=O) groups excluding carboxylic acids is 1. The topological polar surface area (TPSA) is 38.3 Å². The number of halogens is 1. The molecule has 1 aromatic carbocycles. The molecule has 15 heavy (non-hydrogen) atoms. The number of benzene rings is 1. The van der Waals surface area contributed by atoms with E-state index >= 15 is 0 Å². The Morgan fingerprint density at radius 2 is 2.07 bits per heavy atom. The van der Waals surface area contributed by atoms with Gasteiger partial charge in [0, 0.05) is 11.6 Å². The summed E-state index contributed by atoms with van der Waals surface area (Å²) in [5.74, 6) is -0.260. The first-order chi connectivity index (χ1) is 7.13. The van der Waals surface area contributed by atoms with Gasteiger partial charge in [-0.25, -0.2) is 0 Å². The Hall–Kier alpha value is -1.06. The zero-order valence-corrected chi connectivity index (χ0v) is 9.54. The molecule has 0 aliphatic heterocycles. The molecule has 0 aliphatic carbocycles. The van der Waals surface area contributed by atoms with E-state index in [0.29, 0.717) is 11.6 Å². The van der Waals surface area contributed by atoms with Gasteiger partial charge in [0.15, 0.2) is 0 Å². The van der Waals surface area contributed by atoms with Crippen LogP contribution in [0.3, 0.4) is 0 Å². The molecule has 0 fully saturated rings. The molecule has 0 saturated carbocycles. The van der Waals surface area contributed by atoms with Crippen LogP contribution in [0.1, 0.15) is 12.5 Å². The molecule has 82 valence electrons. The van der Waals surface area contributed by atoms with Crippen LogP contribution in [0.15, 0.2) is 24.3 Å². The first kappa shape index (κ1) is 12.0. The van der Waals surface area contributed by atoms with Crippen molar-refractivity contribution in [2.24, 2.45) is 0 Å². The fraction of sp³-hybridized carbons (Fsp3) is 0.364. The minimum absolute atomic E-state index is 0.260. The van der Waals surface area contributed by atoms with Crippen molar-refractivity contribution >= 4 is 17.6 Å². The Morgan fingerprint density at radius 1 is 1.47 bits per heavy atom. The third-order valence-corrected chi connectivity index (χ3v) is 2.33. The van der Waals surface area contributed by atoms with E-state index in [9.17, 15) is 4.79 Å². The monoisotopic (exact) mass is 227 g/mol. The second-order valence-electron chi connectivity index (χ2n) is 3.25. The third-order valence-electron chi connectivity index (χ3n) is 2.08. The lowest BCUT2D eigenvalue weighted by atomic mass is 10.2. The summed E-state index contributed by atoms with van der Waals surface area (Å²) in [7, 11) is 1.38. The Morgan fingerprint density at radius 3 is 2.60 bits per heavy atom. The van der Waals surface area contributed by atoms with E-state index in [4.69, 9.17) is 11.6 Å². The standard InChI is InChI=1S/C11H14ClNO2/c1-8(11(14)15-2)13-7-9-3-5-10(12)6-4-9/h3-6,8,13H,7H2,1-2H3/t8-/m1/s1. The van der Waals surface area contributed by atoms with E-state index in [1.165, 1.54) is 7.11 Å². The maximum absolute atomic E-state index is 11.1. The summed E-state index contributed by atoms with van der Waals surface area (Å²) >= 11 is 5.75. The maximum atomic E-state index is 11.1. The Bertz CT molecular complexity index is 324. The van der Waals surface area contributed by atoms with Gasteiger partial charge in [0.25, 0.3) is 0 Å². The van der Waals surface area contributed by atoms with E-state index < -0.39 is 0 Å². The number of esters is 1. The number of hydrogen-bond donors (Lipinski definition) is 1. The van der Waals surface area contributed by atoms with E-state index in [1.54, 1.807) is 6.92 Å². The molecule has 0 saturated heterocycles. The number of rotatable bonds is 4. The predicted octanol–water partition coefficient (Wildman–Crippen LogP) is 1.99.